The van der Waals surface area contributed by atoms with Crippen molar-refractivity contribution in [2.45, 2.75) is 13.5 Å². The summed E-state index contributed by atoms with van der Waals surface area (Å²) >= 11 is 5.67. The van der Waals surface area contributed by atoms with Gasteiger partial charge in [-0.2, -0.15) is 5.10 Å². The van der Waals surface area contributed by atoms with Gasteiger partial charge in [0.25, 0.3) is 0 Å². The molecule has 2 aromatic rings. The molecular weight excluding hydrogens is 200 g/mol. The third kappa shape index (κ3) is 1.90. The largest absolute Gasteiger partial charge is 0.264 e. The maximum absolute atomic E-state index is 5.67. The molecule has 0 bridgehead atoms. The minimum atomic E-state index is 0.271. The van der Waals surface area contributed by atoms with E-state index in [0.29, 0.717) is 6.54 Å². The summed E-state index contributed by atoms with van der Waals surface area (Å²) in [5, 5.41) is 4.42. The van der Waals surface area contributed by atoms with Gasteiger partial charge in [0, 0.05) is 18.1 Å². The van der Waals surface area contributed by atoms with E-state index in [1.165, 1.54) is 0 Å². The Morgan fingerprint density at radius 1 is 1.36 bits per heavy atom. The molecule has 0 N–H and O–H groups in total. The van der Waals surface area contributed by atoms with Crippen LogP contribution in [0, 0.1) is 6.92 Å². The Hall–Kier alpha value is -1.42. The van der Waals surface area contributed by atoms with Gasteiger partial charge in [-0.25, -0.2) is 9.97 Å². The van der Waals surface area contributed by atoms with Crippen molar-refractivity contribution in [2.75, 3.05) is 0 Å². The fourth-order valence-electron chi connectivity index (χ4n) is 1.18. The summed E-state index contributed by atoms with van der Waals surface area (Å²) in [7, 11) is 0. The Morgan fingerprint density at radius 3 is 2.86 bits per heavy atom. The molecule has 0 aliphatic carbocycles. The molecule has 0 radical (unpaired) electrons. The molecule has 0 atom stereocenters. The minimum Gasteiger partial charge on any atom is -0.264 e. The standard InChI is InChI=1S/C9H9ClN4/c1-7-2-5-12-14(7)6-8-3-4-11-9(10)13-8/h2-5H,6H2,1H3. The maximum Gasteiger partial charge on any atom is 0.222 e. The number of hydrogen-bond donors (Lipinski definition) is 0. The zero-order valence-electron chi connectivity index (χ0n) is 7.68. The van der Waals surface area contributed by atoms with E-state index in [9.17, 15) is 0 Å². The van der Waals surface area contributed by atoms with Crippen LogP contribution in [-0.2, 0) is 6.54 Å². The lowest BCUT2D eigenvalue weighted by atomic mass is 10.4. The first-order valence-electron chi connectivity index (χ1n) is 4.21. The van der Waals surface area contributed by atoms with Crippen LogP contribution in [-0.4, -0.2) is 19.7 Å². The molecule has 0 amide bonds. The van der Waals surface area contributed by atoms with Crippen LogP contribution in [0.25, 0.3) is 0 Å². The third-order valence-electron chi connectivity index (χ3n) is 1.92. The summed E-state index contributed by atoms with van der Waals surface area (Å²) < 4.78 is 1.86. The highest BCUT2D eigenvalue weighted by Gasteiger charge is 2.00. The SMILES string of the molecule is Cc1ccnn1Cc1ccnc(Cl)n1. The molecule has 0 unspecified atom stereocenters. The Kier molecular flexibility index (Phi) is 2.45. The fourth-order valence-corrected chi connectivity index (χ4v) is 1.34. The number of nitrogens with zero attached hydrogens (tertiary/aromatic N) is 4. The fraction of sp³-hybridized carbons (Fsp3) is 0.222. The quantitative estimate of drug-likeness (QED) is 0.706. The van der Waals surface area contributed by atoms with Gasteiger partial charge in [0.15, 0.2) is 0 Å². The third-order valence-corrected chi connectivity index (χ3v) is 2.11. The zero-order chi connectivity index (χ0) is 9.97. The van der Waals surface area contributed by atoms with E-state index in [0.717, 1.165) is 11.4 Å². The average Bonchev–Trinajstić information content (AvgIpc) is 2.52. The molecule has 14 heavy (non-hydrogen) atoms. The molecule has 0 aromatic carbocycles. The zero-order valence-corrected chi connectivity index (χ0v) is 8.44. The average molecular weight is 209 g/mol. The second kappa shape index (κ2) is 3.75. The Labute approximate surface area is 86.6 Å². The highest BCUT2D eigenvalue weighted by atomic mass is 35.5. The van der Waals surface area contributed by atoms with Crippen molar-refractivity contribution in [2.24, 2.45) is 0 Å². The first-order valence-corrected chi connectivity index (χ1v) is 4.59. The molecule has 4 nitrogen and oxygen atoms in total. The lowest BCUT2D eigenvalue weighted by Crippen LogP contribution is -2.05. The maximum atomic E-state index is 5.67. The number of aryl methyl sites for hydroxylation is 1. The van der Waals surface area contributed by atoms with Crippen molar-refractivity contribution in [3.63, 3.8) is 0 Å². The molecule has 0 saturated heterocycles. The summed E-state index contributed by atoms with van der Waals surface area (Å²) in [5.41, 5.74) is 1.96. The Bertz CT molecular complexity index is 438. The second-order valence-corrected chi connectivity index (χ2v) is 3.29. The van der Waals surface area contributed by atoms with Gasteiger partial charge in [-0.05, 0) is 30.7 Å². The first kappa shape index (κ1) is 9.15. The topological polar surface area (TPSA) is 43.6 Å². The summed E-state index contributed by atoms with van der Waals surface area (Å²) in [6, 6.07) is 3.77. The molecule has 0 saturated carbocycles. The van der Waals surface area contributed by atoms with E-state index in [4.69, 9.17) is 11.6 Å². The first-order chi connectivity index (χ1) is 6.75. The van der Waals surface area contributed by atoms with Crippen LogP contribution in [0.15, 0.2) is 24.5 Å². The number of aromatic nitrogens is 4. The van der Waals surface area contributed by atoms with Gasteiger partial charge in [-0.1, -0.05) is 0 Å². The van der Waals surface area contributed by atoms with Crippen LogP contribution in [0.2, 0.25) is 5.28 Å². The highest BCUT2D eigenvalue weighted by molar-refractivity contribution is 6.28. The lowest BCUT2D eigenvalue weighted by molar-refractivity contribution is 0.651. The Balaban J connectivity index is 2.23. The van der Waals surface area contributed by atoms with Gasteiger partial charge in [-0.3, -0.25) is 4.68 Å². The van der Waals surface area contributed by atoms with Crippen LogP contribution in [0.5, 0.6) is 0 Å². The molecule has 0 spiro atoms. The van der Waals surface area contributed by atoms with Crippen LogP contribution in [0.4, 0.5) is 0 Å². The Morgan fingerprint density at radius 2 is 2.21 bits per heavy atom. The van der Waals surface area contributed by atoms with Crippen molar-refractivity contribution in [1.82, 2.24) is 19.7 Å². The molecule has 5 heteroatoms. The molecule has 2 aromatic heterocycles. The molecule has 0 aliphatic rings. The van der Waals surface area contributed by atoms with Gasteiger partial charge in [-0.15, -0.1) is 0 Å². The van der Waals surface area contributed by atoms with Crippen molar-refractivity contribution < 1.29 is 0 Å². The normalized spacial score (nSPS) is 10.4. The van der Waals surface area contributed by atoms with Crippen molar-refractivity contribution >= 4 is 11.6 Å². The minimum absolute atomic E-state index is 0.271. The van der Waals surface area contributed by atoms with E-state index in [1.807, 2.05) is 23.7 Å². The van der Waals surface area contributed by atoms with Crippen LogP contribution in [0.1, 0.15) is 11.4 Å². The predicted molar refractivity (Wildman–Crippen MR) is 53.1 cm³/mol. The number of rotatable bonds is 2. The summed E-state index contributed by atoms with van der Waals surface area (Å²) in [4.78, 5) is 7.90. The van der Waals surface area contributed by atoms with Gasteiger partial charge < -0.3 is 0 Å². The van der Waals surface area contributed by atoms with E-state index in [2.05, 4.69) is 15.1 Å². The summed E-state index contributed by atoms with van der Waals surface area (Å²) in [6.45, 7) is 2.62. The molecule has 0 aliphatic heterocycles. The van der Waals surface area contributed by atoms with E-state index < -0.39 is 0 Å². The highest BCUT2D eigenvalue weighted by Crippen LogP contribution is 2.04. The summed E-state index contributed by atoms with van der Waals surface area (Å²) in [6.07, 6.45) is 3.40. The monoisotopic (exact) mass is 208 g/mol. The molecule has 0 fully saturated rings. The van der Waals surface area contributed by atoms with Crippen molar-refractivity contribution in [3.05, 3.63) is 41.2 Å². The van der Waals surface area contributed by atoms with Gasteiger partial charge >= 0.3 is 0 Å². The van der Waals surface area contributed by atoms with E-state index in [1.54, 1.807) is 12.4 Å². The van der Waals surface area contributed by atoms with Crippen molar-refractivity contribution in [1.29, 1.82) is 0 Å². The van der Waals surface area contributed by atoms with E-state index >= 15 is 0 Å². The lowest BCUT2D eigenvalue weighted by Gasteiger charge is -2.03. The molecule has 2 rings (SSSR count). The van der Waals surface area contributed by atoms with Gasteiger partial charge in [0.1, 0.15) is 0 Å². The van der Waals surface area contributed by atoms with Crippen LogP contribution >= 0.6 is 11.6 Å². The van der Waals surface area contributed by atoms with E-state index in [-0.39, 0.29) is 5.28 Å². The predicted octanol–water partition coefficient (Wildman–Crippen LogP) is 1.68. The van der Waals surface area contributed by atoms with Crippen LogP contribution in [0.3, 0.4) is 0 Å². The summed E-state index contributed by atoms with van der Waals surface area (Å²) in [5.74, 6) is 0. The number of halogens is 1. The van der Waals surface area contributed by atoms with Crippen LogP contribution < -0.4 is 0 Å². The smallest absolute Gasteiger partial charge is 0.222 e. The molecule has 72 valence electrons. The molecule has 2 heterocycles. The van der Waals surface area contributed by atoms with Gasteiger partial charge in [0.05, 0.1) is 12.2 Å². The second-order valence-electron chi connectivity index (χ2n) is 2.95. The number of hydrogen-bond acceptors (Lipinski definition) is 3. The molecular formula is C9H9ClN4. The van der Waals surface area contributed by atoms with Crippen molar-refractivity contribution in [3.8, 4) is 0 Å². The van der Waals surface area contributed by atoms with Gasteiger partial charge in [0.2, 0.25) is 5.28 Å².